The van der Waals surface area contributed by atoms with Crippen LogP contribution >= 0.6 is 15.9 Å². The second-order valence-corrected chi connectivity index (χ2v) is 6.84. The Hall–Kier alpha value is -2.88. The van der Waals surface area contributed by atoms with Gasteiger partial charge in [0.15, 0.2) is 6.61 Å². The Balaban J connectivity index is 1.80. The number of hydrogen-bond acceptors (Lipinski definition) is 4. The molecular weight excluding hydrogens is 455 g/mol. The summed E-state index contributed by atoms with van der Waals surface area (Å²) in [6, 6.07) is 11.2. The van der Waals surface area contributed by atoms with Crippen LogP contribution < -0.4 is 15.5 Å². The molecule has 2 amide bonds. The SMILES string of the molecule is C/C(CC(=O)Nc1cccc(C(F)(F)F)c1)=N/NC(=O)COc1ccc(Br)cc1. The number of halogens is 4. The first-order valence-electron chi connectivity index (χ1n) is 8.31. The van der Waals surface area contributed by atoms with Gasteiger partial charge in [-0.25, -0.2) is 5.43 Å². The zero-order valence-electron chi connectivity index (χ0n) is 15.2. The number of benzene rings is 2. The Morgan fingerprint density at radius 3 is 2.45 bits per heavy atom. The Bertz CT molecular complexity index is 900. The molecule has 6 nitrogen and oxygen atoms in total. The number of rotatable bonds is 7. The smallest absolute Gasteiger partial charge is 0.416 e. The summed E-state index contributed by atoms with van der Waals surface area (Å²) < 4.78 is 44.2. The molecule has 0 spiro atoms. The average Bonchev–Trinajstić information content (AvgIpc) is 2.65. The van der Waals surface area contributed by atoms with E-state index in [1.54, 1.807) is 24.3 Å². The number of ether oxygens (including phenoxy) is 1. The Labute approximate surface area is 173 Å². The van der Waals surface area contributed by atoms with Gasteiger partial charge in [-0.15, -0.1) is 0 Å². The van der Waals surface area contributed by atoms with E-state index < -0.39 is 23.6 Å². The number of nitrogens with one attached hydrogen (secondary N) is 2. The predicted molar refractivity (Wildman–Crippen MR) is 106 cm³/mol. The third-order valence-electron chi connectivity index (χ3n) is 3.45. The number of carbonyl (C=O) groups excluding carboxylic acids is 2. The van der Waals surface area contributed by atoms with Gasteiger partial charge in [0.05, 0.1) is 12.0 Å². The minimum Gasteiger partial charge on any atom is -0.484 e. The van der Waals surface area contributed by atoms with Gasteiger partial charge in [-0.3, -0.25) is 9.59 Å². The lowest BCUT2D eigenvalue weighted by atomic mass is 10.2. The summed E-state index contributed by atoms with van der Waals surface area (Å²) in [5.74, 6) is -0.582. The van der Waals surface area contributed by atoms with E-state index in [4.69, 9.17) is 4.74 Å². The highest BCUT2D eigenvalue weighted by Gasteiger charge is 2.30. The molecule has 2 aromatic rings. The van der Waals surface area contributed by atoms with Crippen molar-refractivity contribution in [3.8, 4) is 5.75 Å². The largest absolute Gasteiger partial charge is 0.484 e. The maximum Gasteiger partial charge on any atom is 0.416 e. The lowest BCUT2D eigenvalue weighted by Crippen LogP contribution is -2.26. The molecule has 29 heavy (non-hydrogen) atoms. The molecule has 0 aliphatic rings. The van der Waals surface area contributed by atoms with Crippen LogP contribution in [0.2, 0.25) is 0 Å². The fraction of sp³-hybridized carbons (Fsp3) is 0.211. The van der Waals surface area contributed by atoms with Gasteiger partial charge in [0.1, 0.15) is 5.75 Å². The minimum absolute atomic E-state index is 0.0181. The van der Waals surface area contributed by atoms with Gasteiger partial charge >= 0.3 is 6.18 Å². The molecule has 0 fully saturated rings. The van der Waals surface area contributed by atoms with Gasteiger partial charge in [-0.2, -0.15) is 18.3 Å². The number of alkyl halides is 3. The highest BCUT2D eigenvalue weighted by molar-refractivity contribution is 9.10. The van der Waals surface area contributed by atoms with Gasteiger partial charge < -0.3 is 10.1 Å². The summed E-state index contributed by atoms with van der Waals surface area (Å²) in [6.07, 6.45) is -4.70. The topological polar surface area (TPSA) is 79.8 Å². The molecule has 0 unspecified atom stereocenters. The summed E-state index contributed by atoms with van der Waals surface area (Å²) in [5.41, 5.74) is 1.67. The number of carbonyl (C=O) groups is 2. The van der Waals surface area contributed by atoms with Crippen molar-refractivity contribution >= 4 is 39.1 Å². The molecule has 10 heteroatoms. The quantitative estimate of drug-likeness (QED) is 0.464. The first-order valence-corrected chi connectivity index (χ1v) is 9.10. The molecule has 0 heterocycles. The van der Waals surface area contributed by atoms with Crippen LogP contribution in [0.1, 0.15) is 18.9 Å². The standard InChI is InChI=1S/C19H17BrF3N3O3/c1-12(25-26-18(28)11-29-16-7-5-14(20)6-8-16)9-17(27)24-15-4-2-3-13(10-15)19(21,22)23/h2-8,10H,9,11H2,1H3,(H,24,27)(H,26,28)/b25-12-. The molecule has 0 saturated carbocycles. The van der Waals surface area contributed by atoms with Crippen LogP contribution in [-0.2, 0) is 15.8 Å². The molecule has 0 radical (unpaired) electrons. The molecule has 154 valence electrons. The van der Waals surface area contributed by atoms with Crippen LogP contribution in [0, 0.1) is 0 Å². The van der Waals surface area contributed by atoms with Gasteiger partial charge in [0.25, 0.3) is 5.91 Å². The van der Waals surface area contributed by atoms with Gasteiger partial charge in [0, 0.05) is 15.9 Å². The van der Waals surface area contributed by atoms with Crippen molar-refractivity contribution in [1.29, 1.82) is 0 Å². The highest BCUT2D eigenvalue weighted by atomic mass is 79.9. The lowest BCUT2D eigenvalue weighted by molar-refractivity contribution is -0.137. The number of nitrogens with zero attached hydrogens (tertiary/aromatic N) is 1. The molecule has 0 aliphatic carbocycles. The van der Waals surface area contributed by atoms with Crippen LogP contribution in [-0.4, -0.2) is 24.1 Å². The summed E-state index contributed by atoms with van der Waals surface area (Å²) in [6.45, 7) is 1.23. The van der Waals surface area contributed by atoms with E-state index >= 15 is 0 Å². The van der Waals surface area contributed by atoms with Crippen molar-refractivity contribution in [2.75, 3.05) is 11.9 Å². The molecule has 2 N–H and O–H groups in total. The summed E-state index contributed by atoms with van der Waals surface area (Å²) in [4.78, 5) is 23.7. The fourth-order valence-corrected chi connectivity index (χ4v) is 2.38. The van der Waals surface area contributed by atoms with Crippen LogP contribution in [0.5, 0.6) is 5.75 Å². The van der Waals surface area contributed by atoms with Crippen LogP contribution in [0.3, 0.4) is 0 Å². The third-order valence-corrected chi connectivity index (χ3v) is 3.97. The zero-order chi connectivity index (χ0) is 21.4. The first kappa shape index (κ1) is 22.4. The third kappa shape index (κ3) is 7.94. The van der Waals surface area contributed by atoms with Gasteiger partial charge in [0.2, 0.25) is 5.91 Å². The second kappa shape index (κ2) is 10.1. The molecule has 0 saturated heterocycles. The summed E-state index contributed by atoms with van der Waals surface area (Å²) in [5, 5.41) is 6.14. The number of hydrazone groups is 1. The fourth-order valence-electron chi connectivity index (χ4n) is 2.12. The molecule has 0 aromatic heterocycles. The summed E-state index contributed by atoms with van der Waals surface area (Å²) >= 11 is 3.28. The number of hydrogen-bond donors (Lipinski definition) is 2. The molecule has 0 atom stereocenters. The number of anilines is 1. The van der Waals surface area contributed by atoms with Crippen molar-refractivity contribution in [2.45, 2.75) is 19.5 Å². The molecular formula is C19H17BrF3N3O3. The van der Waals surface area contributed by atoms with E-state index in [9.17, 15) is 22.8 Å². The average molecular weight is 472 g/mol. The first-order chi connectivity index (χ1) is 13.6. The van der Waals surface area contributed by atoms with Gasteiger partial charge in [-0.1, -0.05) is 22.0 Å². The summed E-state index contributed by atoms with van der Waals surface area (Å²) in [7, 11) is 0. The van der Waals surface area contributed by atoms with Crippen molar-refractivity contribution in [1.82, 2.24) is 5.43 Å². The normalized spacial score (nSPS) is 11.7. The maximum absolute atomic E-state index is 12.7. The van der Waals surface area contributed by atoms with Crippen molar-refractivity contribution in [2.24, 2.45) is 5.10 Å². The molecule has 2 rings (SSSR count). The van der Waals surface area contributed by atoms with E-state index in [0.29, 0.717) is 5.75 Å². The Morgan fingerprint density at radius 1 is 1.10 bits per heavy atom. The van der Waals surface area contributed by atoms with Gasteiger partial charge in [-0.05, 0) is 49.4 Å². The van der Waals surface area contributed by atoms with E-state index in [1.807, 2.05) is 0 Å². The molecule has 0 aliphatic heterocycles. The van der Waals surface area contributed by atoms with E-state index in [1.165, 1.54) is 19.1 Å². The van der Waals surface area contributed by atoms with E-state index in [2.05, 4.69) is 31.8 Å². The highest BCUT2D eigenvalue weighted by Crippen LogP contribution is 2.30. The lowest BCUT2D eigenvalue weighted by Gasteiger charge is -2.10. The predicted octanol–water partition coefficient (Wildman–Crippen LogP) is 4.37. The van der Waals surface area contributed by atoms with Crippen molar-refractivity contribution in [3.63, 3.8) is 0 Å². The molecule has 0 bridgehead atoms. The maximum atomic E-state index is 12.7. The molecule has 2 aromatic carbocycles. The number of amides is 2. The Kier molecular flexibility index (Phi) is 7.77. The van der Waals surface area contributed by atoms with Crippen molar-refractivity contribution in [3.05, 3.63) is 58.6 Å². The Morgan fingerprint density at radius 2 is 1.79 bits per heavy atom. The van der Waals surface area contributed by atoms with Crippen LogP contribution in [0.15, 0.2) is 58.1 Å². The van der Waals surface area contributed by atoms with Crippen LogP contribution in [0.4, 0.5) is 18.9 Å². The second-order valence-electron chi connectivity index (χ2n) is 5.93. The zero-order valence-corrected chi connectivity index (χ0v) is 16.8. The monoisotopic (exact) mass is 471 g/mol. The van der Waals surface area contributed by atoms with E-state index in [-0.39, 0.29) is 24.4 Å². The van der Waals surface area contributed by atoms with Crippen molar-refractivity contribution < 1.29 is 27.5 Å². The minimum atomic E-state index is -4.50. The van der Waals surface area contributed by atoms with E-state index in [0.717, 1.165) is 16.6 Å². The van der Waals surface area contributed by atoms with Crippen LogP contribution in [0.25, 0.3) is 0 Å².